The van der Waals surface area contributed by atoms with Crippen LogP contribution in [0.15, 0.2) is 24.3 Å². The highest BCUT2D eigenvalue weighted by Gasteiger charge is 1.93. The third-order valence-electron chi connectivity index (χ3n) is 2.16. The second-order valence-electron chi connectivity index (χ2n) is 3.75. The van der Waals surface area contributed by atoms with Gasteiger partial charge in [0.1, 0.15) is 5.82 Å². The molecule has 0 N–H and O–H groups in total. The van der Waals surface area contributed by atoms with Gasteiger partial charge < -0.3 is 0 Å². The standard InChI is InChI=1S/C8H9F.C5H12/c1-2-7-5-3-4-6-8(7)9;1-4-5(2)3/h3-6H,2H2,1H3;5H,4H2,1-3H3. The van der Waals surface area contributed by atoms with Crippen LogP contribution in [-0.2, 0) is 6.42 Å². The van der Waals surface area contributed by atoms with E-state index in [0.717, 1.165) is 17.9 Å². The van der Waals surface area contributed by atoms with Crippen LogP contribution < -0.4 is 0 Å². The molecule has 0 aliphatic rings. The molecule has 1 rings (SSSR count). The van der Waals surface area contributed by atoms with E-state index in [1.54, 1.807) is 12.1 Å². The van der Waals surface area contributed by atoms with Crippen molar-refractivity contribution in [3.8, 4) is 0 Å². The lowest BCUT2D eigenvalue weighted by Crippen LogP contribution is -1.83. The van der Waals surface area contributed by atoms with Gasteiger partial charge in [0, 0.05) is 0 Å². The van der Waals surface area contributed by atoms with Crippen molar-refractivity contribution in [3.63, 3.8) is 0 Å². The summed E-state index contributed by atoms with van der Waals surface area (Å²) in [7, 11) is 0. The van der Waals surface area contributed by atoms with Crippen molar-refractivity contribution in [1.82, 2.24) is 0 Å². The molecule has 0 saturated carbocycles. The third kappa shape index (κ3) is 5.74. The van der Waals surface area contributed by atoms with E-state index in [-0.39, 0.29) is 5.82 Å². The van der Waals surface area contributed by atoms with Gasteiger partial charge >= 0.3 is 0 Å². The smallest absolute Gasteiger partial charge is 0.126 e. The summed E-state index contributed by atoms with van der Waals surface area (Å²) in [6, 6.07) is 6.84. The molecule has 0 amide bonds. The Morgan fingerprint density at radius 1 is 1.14 bits per heavy atom. The first-order chi connectivity index (χ1) is 6.61. The molecule has 1 heteroatoms. The number of halogens is 1. The fraction of sp³-hybridized carbons (Fsp3) is 0.538. The van der Waals surface area contributed by atoms with Gasteiger partial charge in [-0.15, -0.1) is 0 Å². The molecule has 14 heavy (non-hydrogen) atoms. The zero-order valence-corrected chi connectivity index (χ0v) is 9.68. The molecule has 0 bridgehead atoms. The first-order valence-electron chi connectivity index (χ1n) is 5.35. The molecule has 0 unspecified atom stereocenters. The van der Waals surface area contributed by atoms with Gasteiger partial charge in [-0.3, -0.25) is 0 Å². The second-order valence-corrected chi connectivity index (χ2v) is 3.75. The predicted octanol–water partition coefficient (Wildman–Crippen LogP) is 4.44. The van der Waals surface area contributed by atoms with Crippen molar-refractivity contribution in [2.24, 2.45) is 5.92 Å². The minimum atomic E-state index is -0.0972. The topological polar surface area (TPSA) is 0 Å². The molecule has 1 aromatic carbocycles. The Hall–Kier alpha value is -0.850. The van der Waals surface area contributed by atoms with Crippen LogP contribution in [-0.4, -0.2) is 0 Å². The summed E-state index contributed by atoms with van der Waals surface area (Å²) in [5.41, 5.74) is 0.789. The molecule has 0 radical (unpaired) electrons. The molecule has 80 valence electrons. The van der Waals surface area contributed by atoms with Gasteiger partial charge in [-0.2, -0.15) is 0 Å². The first kappa shape index (κ1) is 13.2. The summed E-state index contributed by atoms with van der Waals surface area (Å²) in [4.78, 5) is 0. The molecule has 1 aromatic rings. The van der Waals surface area contributed by atoms with Gasteiger partial charge in [0.2, 0.25) is 0 Å². The van der Waals surface area contributed by atoms with Crippen LogP contribution in [0.3, 0.4) is 0 Å². The Morgan fingerprint density at radius 3 is 1.93 bits per heavy atom. The van der Waals surface area contributed by atoms with E-state index in [4.69, 9.17) is 0 Å². The van der Waals surface area contributed by atoms with Gasteiger partial charge in [0.25, 0.3) is 0 Å². The zero-order chi connectivity index (χ0) is 11.0. The predicted molar refractivity (Wildman–Crippen MR) is 60.9 cm³/mol. The minimum absolute atomic E-state index is 0.0972. The number of rotatable bonds is 2. The Kier molecular flexibility index (Phi) is 7.09. The Labute approximate surface area is 87.2 Å². The molecular formula is C13H21F. The summed E-state index contributed by atoms with van der Waals surface area (Å²) in [5.74, 6) is 0.787. The molecule has 0 spiro atoms. The van der Waals surface area contributed by atoms with E-state index in [2.05, 4.69) is 20.8 Å². The maximum Gasteiger partial charge on any atom is 0.126 e. The van der Waals surface area contributed by atoms with Crippen molar-refractivity contribution < 1.29 is 4.39 Å². The van der Waals surface area contributed by atoms with E-state index >= 15 is 0 Å². The molecule has 0 aromatic heterocycles. The second kappa shape index (κ2) is 7.54. The van der Waals surface area contributed by atoms with Crippen molar-refractivity contribution in [3.05, 3.63) is 35.6 Å². The average Bonchev–Trinajstić information content (AvgIpc) is 2.19. The fourth-order valence-electron chi connectivity index (χ4n) is 0.785. The van der Waals surface area contributed by atoms with Crippen molar-refractivity contribution in [2.45, 2.75) is 40.5 Å². The van der Waals surface area contributed by atoms with Crippen LogP contribution >= 0.6 is 0 Å². The summed E-state index contributed by atoms with van der Waals surface area (Å²) < 4.78 is 12.6. The summed E-state index contributed by atoms with van der Waals surface area (Å²) in [6.07, 6.45) is 2.08. The lowest BCUT2D eigenvalue weighted by atomic mass is 10.2. The molecule has 0 heterocycles. The van der Waals surface area contributed by atoms with E-state index in [1.165, 1.54) is 12.5 Å². The number of benzene rings is 1. The largest absolute Gasteiger partial charge is 0.207 e. The highest BCUT2D eigenvalue weighted by Crippen LogP contribution is 2.05. The van der Waals surface area contributed by atoms with E-state index in [1.807, 2.05) is 13.0 Å². The van der Waals surface area contributed by atoms with Crippen molar-refractivity contribution in [1.29, 1.82) is 0 Å². The normalized spacial score (nSPS) is 9.57. The maximum absolute atomic E-state index is 12.6. The van der Waals surface area contributed by atoms with Crippen LogP contribution in [0.4, 0.5) is 4.39 Å². The monoisotopic (exact) mass is 196 g/mol. The summed E-state index contributed by atoms with van der Waals surface area (Å²) in [5, 5.41) is 0. The summed E-state index contributed by atoms with van der Waals surface area (Å²) in [6.45, 7) is 8.59. The lowest BCUT2D eigenvalue weighted by Gasteiger charge is -1.94. The minimum Gasteiger partial charge on any atom is -0.207 e. The Morgan fingerprint density at radius 2 is 1.64 bits per heavy atom. The van der Waals surface area contributed by atoms with Gasteiger partial charge in [-0.05, 0) is 24.0 Å². The Bertz CT molecular complexity index is 241. The number of aryl methyl sites for hydroxylation is 1. The van der Waals surface area contributed by atoms with Gasteiger partial charge in [-0.25, -0.2) is 4.39 Å². The highest BCUT2D eigenvalue weighted by atomic mass is 19.1. The first-order valence-corrected chi connectivity index (χ1v) is 5.35. The third-order valence-corrected chi connectivity index (χ3v) is 2.16. The quantitative estimate of drug-likeness (QED) is 0.656. The SMILES string of the molecule is CCC(C)C.CCc1ccccc1F. The molecule has 0 fully saturated rings. The van der Waals surface area contributed by atoms with Crippen LogP contribution in [0, 0.1) is 11.7 Å². The van der Waals surface area contributed by atoms with Gasteiger partial charge in [0.15, 0.2) is 0 Å². The van der Waals surface area contributed by atoms with Crippen molar-refractivity contribution in [2.75, 3.05) is 0 Å². The van der Waals surface area contributed by atoms with E-state index < -0.39 is 0 Å². The number of hydrogen-bond donors (Lipinski definition) is 0. The van der Waals surface area contributed by atoms with Crippen LogP contribution in [0.25, 0.3) is 0 Å². The molecule has 0 atom stereocenters. The van der Waals surface area contributed by atoms with Crippen LogP contribution in [0.2, 0.25) is 0 Å². The molecule has 0 nitrogen and oxygen atoms in total. The van der Waals surface area contributed by atoms with Gasteiger partial charge in [-0.1, -0.05) is 52.3 Å². The van der Waals surface area contributed by atoms with Crippen LogP contribution in [0.1, 0.15) is 39.7 Å². The molecular weight excluding hydrogens is 175 g/mol. The fourth-order valence-corrected chi connectivity index (χ4v) is 0.785. The van der Waals surface area contributed by atoms with E-state index in [0.29, 0.717) is 0 Å². The Balaban J connectivity index is 0.000000292. The lowest BCUT2D eigenvalue weighted by molar-refractivity contribution is 0.612. The highest BCUT2D eigenvalue weighted by molar-refractivity contribution is 5.16. The molecule has 0 aliphatic carbocycles. The van der Waals surface area contributed by atoms with Crippen molar-refractivity contribution >= 4 is 0 Å². The average molecular weight is 196 g/mol. The number of hydrogen-bond acceptors (Lipinski definition) is 0. The van der Waals surface area contributed by atoms with Gasteiger partial charge in [0.05, 0.1) is 0 Å². The maximum atomic E-state index is 12.6. The summed E-state index contributed by atoms with van der Waals surface area (Å²) >= 11 is 0. The zero-order valence-electron chi connectivity index (χ0n) is 9.68. The van der Waals surface area contributed by atoms with E-state index in [9.17, 15) is 4.39 Å². The molecule has 0 aliphatic heterocycles. The molecule has 0 saturated heterocycles. The van der Waals surface area contributed by atoms with Crippen LogP contribution in [0.5, 0.6) is 0 Å².